The molecule has 108 valence electrons. The van der Waals surface area contributed by atoms with Crippen molar-refractivity contribution in [3.63, 3.8) is 0 Å². The summed E-state index contributed by atoms with van der Waals surface area (Å²) in [5, 5.41) is 13.5. The van der Waals surface area contributed by atoms with Gasteiger partial charge in [0.15, 0.2) is 0 Å². The standard InChI is InChI=1S/C15H13BrN2O3/c1-9-3-5-12(13(16)7-9)15(19)17-14-6-4-11(18(20)21)8-10(14)2/h3-8H,1-2H3,(H,17,19). The number of aryl methyl sites for hydroxylation is 2. The summed E-state index contributed by atoms with van der Waals surface area (Å²) in [6.07, 6.45) is 0. The second kappa shape index (κ2) is 6.05. The summed E-state index contributed by atoms with van der Waals surface area (Å²) in [7, 11) is 0. The fourth-order valence-electron chi connectivity index (χ4n) is 1.90. The minimum absolute atomic E-state index is 0.00187. The lowest BCUT2D eigenvalue weighted by atomic mass is 10.1. The molecule has 0 unspecified atom stereocenters. The molecule has 0 fully saturated rings. The van der Waals surface area contributed by atoms with Crippen LogP contribution >= 0.6 is 15.9 Å². The van der Waals surface area contributed by atoms with Gasteiger partial charge in [-0.25, -0.2) is 0 Å². The molecule has 0 spiro atoms. The summed E-state index contributed by atoms with van der Waals surface area (Å²) < 4.78 is 0.708. The van der Waals surface area contributed by atoms with Crippen LogP contribution in [0.2, 0.25) is 0 Å². The summed E-state index contributed by atoms with van der Waals surface area (Å²) in [5.41, 5.74) is 2.75. The number of benzene rings is 2. The second-order valence-corrected chi connectivity index (χ2v) is 5.55. The van der Waals surface area contributed by atoms with Gasteiger partial charge >= 0.3 is 0 Å². The fraction of sp³-hybridized carbons (Fsp3) is 0.133. The van der Waals surface area contributed by atoms with Crippen LogP contribution in [0.5, 0.6) is 0 Å². The van der Waals surface area contributed by atoms with Crippen molar-refractivity contribution in [2.75, 3.05) is 5.32 Å². The SMILES string of the molecule is Cc1ccc(C(=O)Nc2ccc([N+](=O)[O-])cc2C)c(Br)c1. The summed E-state index contributed by atoms with van der Waals surface area (Å²) >= 11 is 3.36. The summed E-state index contributed by atoms with van der Waals surface area (Å²) in [6.45, 7) is 3.65. The molecule has 5 nitrogen and oxygen atoms in total. The molecule has 21 heavy (non-hydrogen) atoms. The van der Waals surface area contributed by atoms with E-state index in [-0.39, 0.29) is 11.6 Å². The van der Waals surface area contributed by atoms with Gasteiger partial charge < -0.3 is 5.32 Å². The van der Waals surface area contributed by atoms with Crippen LogP contribution in [0.3, 0.4) is 0 Å². The minimum Gasteiger partial charge on any atom is -0.322 e. The van der Waals surface area contributed by atoms with Crippen molar-refractivity contribution in [3.8, 4) is 0 Å². The third kappa shape index (κ3) is 3.46. The number of carbonyl (C=O) groups is 1. The molecule has 0 heterocycles. The van der Waals surface area contributed by atoms with Gasteiger partial charge in [-0.1, -0.05) is 6.07 Å². The fourth-order valence-corrected chi connectivity index (χ4v) is 2.57. The van der Waals surface area contributed by atoms with Gasteiger partial charge in [-0.2, -0.15) is 0 Å². The first-order valence-corrected chi connectivity index (χ1v) is 7.00. The molecule has 0 aliphatic carbocycles. The average Bonchev–Trinajstić information content (AvgIpc) is 2.40. The zero-order valence-corrected chi connectivity index (χ0v) is 13.1. The number of amides is 1. The molecule has 0 aromatic heterocycles. The van der Waals surface area contributed by atoms with Crippen molar-refractivity contribution >= 4 is 33.2 Å². The monoisotopic (exact) mass is 348 g/mol. The molecule has 0 saturated heterocycles. The van der Waals surface area contributed by atoms with E-state index in [1.165, 1.54) is 18.2 Å². The van der Waals surface area contributed by atoms with Crippen LogP contribution in [-0.4, -0.2) is 10.8 Å². The van der Waals surface area contributed by atoms with Gasteiger partial charge in [-0.05, 0) is 59.1 Å². The third-order valence-electron chi connectivity index (χ3n) is 3.04. The Morgan fingerprint density at radius 2 is 1.90 bits per heavy atom. The van der Waals surface area contributed by atoms with E-state index in [4.69, 9.17) is 0 Å². The Balaban J connectivity index is 2.25. The lowest BCUT2D eigenvalue weighted by molar-refractivity contribution is -0.384. The molecule has 0 atom stereocenters. The number of hydrogen-bond acceptors (Lipinski definition) is 3. The smallest absolute Gasteiger partial charge is 0.269 e. The first-order valence-electron chi connectivity index (χ1n) is 6.21. The number of hydrogen-bond donors (Lipinski definition) is 1. The Kier molecular flexibility index (Phi) is 4.37. The van der Waals surface area contributed by atoms with Crippen LogP contribution in [0, 0.1) is 24.0 Å². The summed E-state index contributed by atoms with van der Waals surface area (Å²) in [4.78, 5) is 22.5. The summed E-state index contributed by atoms with van der Waals surface area (Å²) in [5.74, 6) is -0.265. The van der Waals surface area contributed by atoms with Crippen LogP contribution in [0.25, 0.3) is 0 Å². The van der Waals surface area contributed by atoms with E-state index in [1.54, 1.807) is 13.0 Å². The molecule has 6 heteroatoms. The van der Waals surface area contributed by atoms with Crippen LogP contribution < -0.4 is 5.32 Å². The number of nitrogens with zero attached hydrogens (tertiary/aromatic N) is 1. The lowest BCUT2D eigenvalue weighted by Gasteiger charge is -2.10. The maximum absolute atomic E-state index is 12.2. The molecule has 2 aromatic rings. The molecular weight excluding hydrogens is 336 g/mol. The molecule has 0 radical (unpaired) electrons. The van der Waals surface area contributed by atoms with E-state index < -0.39 is 4.92 Å². The first-order chi connectivity index (χ1) is 9.88. The Morgan fingerprint density at radius 3 is 2.48 bits per heavy atom. The molecule has 2 aromatic carbocycles. The number of non-ortho nitro benzene ring substituents is 1. The van der Waals surface area contributed by atoms with Crippen molar-refractivity contribution in [3.05, 3.63) is 67.7 Å². The van der Waals surface area contributed by atoms with Gasteiger partial charge in [0.25, 0.3) is 11.6 Å². The van der Waals surface area contributed by atoms with Crippen molar-refractivity contribution in [2.24, 2.45) is 0 Å². The predicted molar refractivity (Wildman–Crippen MR) is 84.7 cm³/mol. The highest BCUT2D eigenvalue weighted by Gasteiger charge is 2.13. The number of rotatable bonds is 3. The second-order valence-electron chi connectivity index (χ2n) is 4.69. The number of anilines is 1. The van der Waals surface area contributed by atoms with Crippen LogP contribution in [0.1, 0.15) is 21.5 Å². The molecule has 0 bridgehead atoms. The van der Waals surface area contributed by atoms with E-state index >= 15 is 0 Å². The normalized spacial score (nSPS) is 10.2. The van der Waals surface area contributed by atoms with Gasteiger partial charge in [-0.15, -0.1) is 0 Å². The molecular formula is C15H13BrN2O3. The van der Waals surface area contributed by atoms with Crippen molar-refractivity contribution < 1.29 is 9.72 Å². The highest BCUT2D eigenvalue weighted by Crippen LogP contribution is 2.24. The maximum atomic E-state index is 12.2. The molecule has 1 amide bonds. The van der Waals surface area contributed by atoms with E-state index in [9.17, 15) is 14.9 Å². The van der Waals surface area contributed by atoms with E-state index in [2.05, 4.69) is 21.2 Å². The number of nitro groups is 1. The highest BCUT2D eigenvalue weighted by molar-refractivity contribution is 9.10. The quantitative estimate of drug-likeness (QED) is 0.666. The van der Waals surface area contributed by atoms with Crippen molar-refractivity contribution in [1.29, 1.82) is 0 Å². The molecule has 1 N–H and O–H groups in total. The number of halogens is 1. The molecule has 0 aliphatic heterocycles. The Morgan fingerprint density at radius 1 is 1.19 bits per heavy atom. The van der Waals surface area contributed by atoms with Crippen LogP contribution in [0.15, 0.2) is 40.9 Å². The first kappa shape index (κ1) is 15.2. The molecule has 0 saturated carbocycles. The predicted octanol–water partition coefficient (Wildman–Crippen LogP) is 4.23. The lowest BCUT2D eigenvalue weighted by Crippen LogP contribution is -2.13. The van der Waals surface area contributed by atoms with Gasteiger partial charge in [0.2, 0.25) is 0 Å². The number of carbonyl (C=O) groups excluding carboxylic acids is 1. The molecule has 0 aliphatic rings. The Labute approximate surface area is 130 Å². The van der Waals surface area contributed by atoms with Gasteiger partial charge in [0.05, 0.1) is 10.5 Å². The molecule has 2 rings (SSSR count). The van der Waals surface area contributed by atoms with Gasteiger partial charge in [-0.3, -0.25) is 14.9 Å². The van der Waals surface area contributed by atoms with Crippen LogP contribution in [-0.2, 0) is 0 Å². The van der Waals surface area contributed by atoms with E-state index in [0.29, 0.717) is 21.3 Å². The highest BCUT2D eigenvalue weighted by atomic mass is 79.9. The zero-order chi connectivity index (χ0) is 15.6. The van der Waals surface area contributed by atoms with Crippen molar-refractivity contribution in [1.82, 2.24) is 0 Å². The van der Waals surface area contributed by atoms with Gasteiger partial charge in [0.1, 0.15) is 0 Å². The van der Waals surface area contributed by atoms with E-state index in [1.807, 2.05) is 19.1 Å². The third-order valence-corrected chi connectivity index (χ3v) is 3.69. The van der Waals surface area contributed by atoms with Crippen LogP contribution in [0.4, 0.5) is 11.4 Å². The topological polar surface area (TPSA) is 72.2 Å². The average molecular weight is 349 g/mol. The largest absolute Gasteiger partial charge is 0.322 e. The van der Waals surface area contributed by atoms with Crippen molar-refractivity contribution in [2.45, 2.75) is 13.8 Å². The Hall–Kier alpha value is -2.21. The maximum Gasteiger partial charge on any atom is 0.269 e. The van der Waals surface area contributed by atoms with E-state index in [0.717, 1.165) is 5.56 Å². The number of nitro benzene ring substituents is 1. The Bertz CT molecular complexity index is 729. The number of nitrogens with one attached hydrogen (secondary N) is 1. The zero-order valence-electron chi connectivity index (χ0n) is 11.5. The minimum atomic E-state index is -0.463. The van der Waals surface area contributed by atoms with Gasteiger partial charge in [0, 0.05) is 22.3 Å². The summed E-state index contributed by atoms with van der Waals surface area (Å²) in [6, 6.07) is 9.77.